The van der Waals surface area contributed by atoms with Crippen molar-refractivity contribution in [3.05, 3.63) is 35.9 Å². The zero-order valence-electron chi connectivity index (χ0n) is 12.8. The molecule has 0 spiro atoms. The van der Waals surface area contributed by atoms with Crippen molar-refractivity contribution in [2.45, 2.75) is 39.3 Å². The van der Waals surface area contributed by atoms with Gasteiger partial charge in [0, 0.05) is 12.6 Å². The topological polar surface area (TPSA) is 47.6 Å². The summed E-state index contributed by atoms with van der Waals surface area (Å²) in [5.41, 5.74) is -0.0952. The number of rotatable bonds is 8. The van der Waals surface area contributed by atoms with Gasteiger partial charge in [0.2, 0.25) is 0 Å². The molecular weight excluding hydrogens is 254 g/mol. The van der Waals surface area contributed by atoms with Gasteiger partial charge in [0.05, 0.1) is 13.2 Å². The van der Waals surface area contributed by atoms with E-state index in [0.29, 0.717) is 13.2 Å². The van der Waals surface area contributed by atoms with Gasteiger partial charge in [0.1, 0.15) is 0 Å². The molecule has 1 aromatic rings. The fourth-order valence-electron chi connectivity index (χ4n) is 2.17. The highest BCUT2D eigenvalue weighted by Gasteiger charge is 2.42. The number of nitrogens with one attached hydrogen (secondary N) is 1. The van der Waals surface area contributed by atoms with E-state index in [4.69, 9.17) is 9.47 Å². The van der Waals surface area contributed by atoms with E-state index in [1.807, 2.05) is 58.0 Å². The van der Waals surface area contributed by atoms with E-state index >= 15 is 0 Å². The lowest BCUT2D eigenvalue weighted by Crippen LogP contribution is -2.56. The molecule has 1 aromatic carbocycles. The first-order valence-electron chi connectivity index (χ1n) is 7.15. The van der Waals surface area contributed by atoms with Gasteiger partial charge in [0.15, 0.2) is 5.54 Å². The Kier molecular flexibility index (Phi) is 6.68. The van der Waals surface area contributed by atoms with E-state index in [1.165, 1.54) is 0 Å². The van der Waals surface area contributed by atoms with E-state index in [1.54, 1.807) is 0 Å². The third kappa shape index (κ3) is 4.05. The van der Waals surface area contributed by atoms with Gasteiger partial charge in [-0.05, 0) is 33.3 Å². The summed E-state index contributed by atoms with van der Waals surface area (Å²) < 4.78 is 10.8. The van der Waals surface area contributed by atoms with Crippen molar-refractivity contribution >= 4 is 5.97 Å². The van der Waals surface area contributed by atoms with Crippen LogP contribution in [0, 0.1) is 0 Å². The van der Waals surface area contributed by atoms with Crippen LogP contribution < -0.4 is 5.32 Å². The molecule has 0 saturated heterocycles. The lowest BCUT2D eigenvalue weighted by molar-refractivity contribution is -0.155. The number of carbonyl (C=O) groups is 1. The summed E-state index contributed by atoms with van der Waals surface area (Å²) >= 11 is 0. The van der Waals surface area contributed by atoms with Crippen LogP contribution in [0.4, 0.5) is 0 Å². The molecule has 20 heavy (non-hydrogen) atoms. The molecule has 4 nitrogen and oxygen atoms in total. The molecule has 0 bridgehead atoms. The smallest absolute Gasteiger partial charge is 0.333 e. The van der Waals surface area contributed by atoms with Crippen LogP contribution in [0.1, 0.15) is 33.3 Å². The first kappa shape index (κ1) is 16.7. The number of benzene rings is 1. The summed E-state index contributed by atoms with van der Waals surface area (Å²) in [4.78, 5) is 12.5. The molecule has 0 saturated carbocycles. The van der Waals surface area contributed by atoms with Crippen LogP contribution in [-0.4, -0.2) is 31.8 Å². The zero-order valence-corrected chi connectivity index (χ0v) is 12.8. The summed E-state index contributed by atoms with van der Waals surface area (Å²) in [6.07, 6.45) is 0. The van der Waals surface area contributed by atoms with Crippen LogP contribution in [0.25, 0.3) is 0 Å². The highest BCUT2D eigenvalue weighted by molar-refractivity contribution is 5.83. The molecule has 1 rings (SSSR count). The molecule has 0 aliphatic heterocycles. The number of hydrogen-bond acceptors (Lipinski definition) is 4. The van der Waals surface area contributed by atoms with Crippen LogP contribution in [0.15, 0.2) is 30.3 Å². The number of carbonyl (C=O) groups excluding carboxylic acids is 1. The van der Waals surface area contributed by atoms with Crippen molar-refractivity contribution in [1.82, 2.24) is 5.32 Å². The Morgan fingerprint density at radius 1 is 1.20 bits per heavy atom. The molecule has 4 heteroatoms. The molecule has 112 valence electrons. The molecule has 0 aromatic heterocycles. The third-order valence-electron chi connectivity index (χ3n) is 2.95. The van der Waals surface area contributed by atoms with Crippen LogP contribution in [0.2, 0.25) is 0 Å². The molecular formula is C16H25NO3. The Labute approximate surface area is 121 Å². The van der Waals surface area contributed by atoms with Gasteiger partial charge in [-0.25, -0.2) is 4.79 Å². The molecule has 1 atom stereocenters. The second kappa shape index (κ2) is 8.02. The average Bonchev–Trinajstić information content (AvgIpc) is 2.44. The zero-order chi connectivity index (χ0) is 15.0. The standard InChI is InChI=1S/C16H25NO3/c1-5-19-12-16(17-13(3)4,15(18)20-6-2)14-10-8-7-9-11-14/h7-11,13,17H,5-6,12H2,1-4H3. The van der Waals surface area contributed by atoms with E-state index in [2.05, 4.69) is 5.32 Å². The Hall–Kier alpha value is -1.39. The Morgan fingerprint density at radius 2 is 1.85 bits per heavy atom. The van der Waals surface area contributed by atoms with Crippen LogP contribution in [0.3, 0.4) is 0 Å². The van der Waals surface area contributed by atoms with Gasteiger partial charge >= 0.3 is 5.97 Å². The summed E-state index contributed by atoms with van der Waals surface area (Å²) in [6.45, 7) is 8.88. The lowest BCUT2D eigenvalue weighted by atomic mass is 9.89. The number of esters is 1. The van der Waals surface area contributed by atoms with Crippen LogP contribution in [0.5, 0.6) is 0 Å². The summed E-state index contributed by atoms with van der Waals surface area (Å²) in [5, 5.41) is 3.33. The first-order valence-corrected chi connectivity index (χ1v) is 7.15. The maximum Gasteiger partial charge on any atom is 0.333 e. The number of hydrogen-bond donors (Lipinski definition) is 1. The summed E-state index contributed by atoms with van der Waals surface area (Å²) in [7, 11) is 0. The predicted molar refractivity (Wildman–Crippen MR) is 79.5 cm³/mol. The van der Waals surface area contributed by atoms with Gasteiger partial charge in [-0.3, -0.25) is 5.32 Å². The van der Waals surface area contributed by atoms with Crippen molar-refractivity contribution in [1.29, 1.82) is 0 Å². The number of ether oxygens (including phenoxy) is 2. The fraction of sp³-hybridized carbons (Fsp3) is 0.562. The summed E-state index contributed by atoms with van der Waals surface area (Å²) in [6, 6.07) is 9.72. The van der Waals surface area contributed by atoms with Gasteiger partial charge in [-0.2, -0.15) is 0 Å². The largest absolute Gasteiger partial charge is 0.464 e. The van der Waals surface area contributed by atoms with E-state index < -0.39 is 5.54 Å². The fourth-order valence-corrected chi connectivity index (χ4v) is 2.17. The first-order chi connectivity index (χ1) is 9.56. The maximum absolute atomic E-state index is 12.5. The van der Waals surface area contributed by atoms with Gasteiger partial charge in [-0.1, -0.05) is 30.3 Å². The molecule has 1 N–H and O–H groups in total. The van der Waals surface area contributed by atoms with Gasteiger partial charge in [-0.15, -0.1) is 0 Å². The predicted octanol–water partition coefficient (Wildman–Crippen LogP) is 2.48. The van der Waals surface area contributed by atoms with Crippen molar-refractivity contribution < 1.29 is 14.3 Å². The molecule has 0 heterocycles. The van der Waals surface area contributed by atoms with Crippen molar-refractivity contribution in [2.24, 2.45) is 0 Å². The Morgan fingerprint density at radius 3 is 2.35 bits per heavy atom. The monoisotopic (exact) mass is 279 g/mol. The Balaban J connectivity index is 3.21. The van der Waals surface area contributed by atoms with Crippen molar-refractivity contribution in [2.75, 3.05) is 19.8 Å². The van der Waals surface area contributed by atoms with E-state index in [0.717, 1.165) is 5.56 Å². The third-order valence-corrected chi connectivity index (χ3v) is 2.95. The maximum atomic E-state index is 12.5. The van der Waals surface area contributed by atoms with Gasteiger partial charge in [0.25, 0.3) is 0 Å². The van der Waals surface area contributed by atoms with Crippen LogP contribution >= 0.6 is 0 Å². The van der Waals surface area contributed by atoms with E-state index in [9.17, 15) is 4.79 Å². The van der Waals surface area contributed by atoms with Gasteiger partial charge < -0.3 is 9.47 Å². The van der Waals surface area contributed by atoms with E-state index in [-0.39, 0.29) is 18.6 Å². The molecule has 1 unspecified atom stereocenters. The normalized spacial score (nSPS) is 14.1. The van der Waals surface area contributed by atoms with Crippen molar-refractivity contribution in [3.8, 4) is 0 Å². The SMILES string of the molecule is CCOCC(NC(C)C)(C(=O)OCC)c1ccccc1. The minimum Gasteiger partial charge on any atom is -0.464 e. The van der Waals surface area contributed by atoms with Crippen LogP contribution in [-0.2, 0) is 19.8 Å². The second-order valence-electron chi connectivity index (χ2n) is 4.93. The molecule has 0 aliphatic carbocycles. The highest BCUT2D eigenvalue weighted by Crippen LogP contribution is 2.24. The van der Waals surface area contributed by atoms with Crippen molar-refractivity contribution in [3.63, 3.8) is 0 Å². The quantitative estimate of drug-likeness (QED) is 0.743. The summed E-state index contributed by atoms with van der Waals surface area (Å²) in [5.74, 6) is -0.298. The highest BCUT2D eigenvalue weighted by atomic mass is 16.5. The average molecular weight is 279 g/mol. The Bertz CT molecular complexity index is 405. The lowest BCUT2D eigenvalue weighted by Gasteiger charge is -2.34. The molecule has 0 aliphatic rings. The minimum atomic E-state index is -0.957. The molecule has 0 fully saturated rings. The molecule has 0 radical (unpaired) electrons. The minimum absolute atomic E-state index is 0.125. The molecule has 0 amide bonds. The second-order valence-corrected chi connectivity index (χ2v) is 4.93.